The van der Waals surface area contributed by atoms with E-state index >= 15 is 0 Å². The Bertz CT molecular complexity index is 879. The molecule has 0 aromatic heterocycles. The number of carbonyl (C=O) groups excluding carboxylic acids is 1. The van der Waals surface area contributed by atoms with Gasteiger partial charge in [-0.15, -0.1) is 0 Å². The third-order valence-electron chi connectivity index (χ3n) is 4.51. The van der Waals surface area contributed by atoms with E-state index in [4.69, 9.17) is 0 Å². The molecule has 0 aliphatic heterocycles. The van der Waals surface area contributed by atoms with E-state index in [2.05, 4.69) is 19.2 Å². The molecule has 0 aliphatic carbocycles. The van der Waals surface area contributed by atoms with E-state index in [0.29, 0.717) is 17.2 Å². The summed E-state index contributed by atoms with van der Waals surface area (Å²) in [6.07, 6.45) is 0.831. The molecule has 28 heavy (non-hydrogen) atoms. The van der Waals surface area contributed by atoms with Gasteiger partial charge in [-0.05, 0) is 42.2 Å². The minimum absolute atomic E-state index is 0.0785. The second-order valence-electron chi connectivity index (χ2n) is 7.37. The van der Waals surface area contributed by atoms with Gasteiger partial charge in [-0.3, -0.25) is 9.10 Å². The van der Waals surface area contributed by atoms with Gasteiger partial charge in [0.15, 0.2) is 0 Å². The highest BCUT2D eigenvalue weighted by atomic mass is 32.2. The number of hydrogen-bond donors (Lipinski definition) is 1. The number of benzene rings is 2. The molecule has 1 atom stereocenters. The van der Waals surface area contributed by atoms with E-state index in [1.807, 2.05) is 30.3 Å². The fraction of sp³-hybridized carbons (Fsp3) is 0.381. The Kier molecular flexibility index (Phi) is 7.21. The molecule has 0 radical (unpaired) electrons. The number of nitrogens with one attached hydrogen (secondary N) is 1. The summed E-state index contributed by atoms with van der Waals surface area (Å²) in [5.41, 5.74) is 2.05. The molecule has 152 valence electrons. The molecule has 0 saturated carbocycles. The Hall–Kier alpha value is -2.38. The zero-order valence-electron chi connectivity index (χ0n) is 17.1. The molecule has 2 aromatic rings. The molecule has 0 heterocycles. The Morgan fingerprint density at radius 3 is 2.04 bits per heavy atom. The lowest BCUT2D eigenvalue weighted by Crippen LogP contribution is -2.37. The third-order valence-corrected chi connectivity index (χ3v) is 6.34. The van der Waals surface area contributed by atoms with Crippen molar-refractivity contribution in [3.8, 4) is 0 Å². The molecule has 0 bridgehead atoms. The van der Waals surface area contributed by atoms with Crippen molar-refractivity contribution in [3.05, 3.63) is 65.7 Å². The van der Waals surface area contributed by atoms with Crippen molar-refractivity contribution >= 4 is 21.8 Å². The molecule has 2 aromatic carbocycles. The molecule has 1 N–H and O–H groups in total. The second-order valence-corrected chi connectivity index (χ2v) is 9.54. The lowest BCUT2D eigenvalue weighted by Gasteiger charge is -2.24. The number of hydrogen-bond acceptors (Lipinski definition) is 3. The van der Waals surface area contributed by atoms with Gasteiger partial charge in [-0.2, -0.15) is 12.7 Å². The van der Waals surface area contributed by atoms with Crippen LogP contribution in [0.2, 0.25) is 0 Å². The Balaban J connectivity index is 2.17. The van der Waals surface area contributed by atoms with E-state index in [1.165, 1.54) is 25.4 Å². The van der Waals surface area contributed by atoms with Gasteiger partial charge in [0.2, 0.25) is 0 Å². The van der Waals surface area contributed by atoms with Crippen LogP contribution in [0.5, 0.6) is 0 Å². The van der Waals surface area contributed by atoms with Gasteiger partial charge in [0.25, 0.3) is 5.91 Å². The van der Waals surface area contributed by atoms with Crippen LogP contribution in [0.25, 0.3) is 0 Å². The lowest BCUT2D eigenvalue weighted by molar-refractivity contribution is 0.0932. The molecule has 0 spiro atoms. The van der Waals surface area contributed by atoms with Crippen LogP contribution < -0.4 is 9.62 Å². The van der Waals surface area contributed by atoms with Crippen molar-refractivity contribution in [2.24, 2.45) is 5.92 Å². The quantitative estimate of drug-likeness (QED) is 0.734. The van der Waals surface area contributed by atoms with Crippen molar-refractivity contribution in [1.82, 2.24) is 9.62 Å². The predicted octanol–water partition coefficient (Wildman–Crippen LogP) is 3.45. The van der Waals surface area contributed by atoms with Crippen LogP contribution in [-0.4, -0.2) is 39.8 Å². The minimum Gasteiger partial charge on any atom is -0.345 e. The average Bonchev–Trinajstić information content (AvgIpc) is 2.67. The largest absolute Gasteiger partial charge is 0.345 e. The first kappa shape index (κ1) is 21.9. The third kappa shape index (κ3) is 5.33. The summed E-state index contributed by atoms with van der Waals surface area (Å²) in [6, 6.07) is 16.4. The topological polar surface area (TPSA) is 69.7 Å². The predicted molar refractivity (Wildman–Crippen MR) is 114 cm³/mol. The van der Waals surface area contributed by atoms with Crippen LogP contribution in [-0.2, 0) is 10.2 Å². The van der Waals surface area contributed by atoms with Gasteiger partial charge >= 0.3 is 10.2 Å². The van der Waals surface area contributed by atoms with Crippen LogP contribution >= 0.6 is 0 Å². The van der Waals surface area contributed by atoms with Gasteiger partial charge in [0.05, 0.1) is 11.7 Å². The number of carbonyl (C=O) groups is 1. The molecule has 1 amide bonds. The molecule has 0 fully saturated rings. The number of anilines is 1. The molecule has 2 rings (SSSR count). The summed E-state index contributed by atoms with van der Waals surface area (Å²) in [6.45, 7) is 4.25. The van der Waals surface area contributed by atoms with Crippen LogP contribution in [0.15, 0.2) is 54.6 Å². The number of nitrogens with zero attached hydrogens (tertiary/aromatic N) is 2. The highest BCUT2D eigenvalue weighted by Gasteiger charge is 2.21. The summed E-state index contributed by atoms with van der Waals surface area (Å²) in [7, 11) is 0.876. The Morgan fingerprint density at radius 1 is 0.964 bits per heavy atom. The Morgan fingerprint density at radius 2 is 1.54 bits per heavy atom. The second kappa shape index (κ2) is 9.21. The first-order valence-electron chi connectivity index (χ1n) is 9.25. The number of amides is 1. The first-order valence-corrected chi connectivity index (χ1v) is 10.6. The summed E-state index contributed by atoms with van der Waals surface area (Å²) in [4.78, 5) is 12.7. The van der Waals surface area contributed by atoms with Gasteiger partial charge in [0, 0.05) is 26.7 Å². The van der Waals surface area contributed by atoms with E-state index in [0.717, 1.165) is 16.3 Å². The standard InChI is InChI=1S/C21H29N3O3S/c1-16(2)15-20(17-9-7-6-8-10-17)22-21(25)18-11-13-19(14-12-18)24(5)28(26,27)23(3)4/h6-14,16,20H,15H2,1-5H3,(H,22,25)/t20-/m0/s1. The summed E-state index contributed by atoms with van der Waals surface area (Å²) in [5.74, 6) is 0.247. The van der Waals surface area contributed by atoms with Crippen LogP contribution in [0.1, 0.15) is 42.2 Å². The fourth-order valence-corrected chi connectivity index (χ4v) is 3.76. The SMILES string of the molecule is CC(C)C[C@H](NC(=O)c1ccc(N(C)S(=O)(=O)N(C)C)cc1)c1ccccc1. The maximum absolute atomic E-state index is 12.7. The van der Waals surface area contributed by atoms with Gasteiger partial charge in [-0.25, -0.2) is 0 Å². The van der Waals surface area contributed by atoms with Crippen molar-refractivity contribution in [2.75, 3.05) is 25.4 Å². The highest BCUT2D eigenvalue weighted by molar-refractivity contribution is 7.90. The van der Waals surface area contributed by atoms with Gasteiger partial charge in [-0.1, -0.05) is 44.2 Å². The maximum Gasteiger partial charge on any atom is 0.303 e. The van der Waals surface area contributed by atoms with E-state index < -0.39 is 10.2 Å². The van der Waals surface area contributed by atoms with E-state index in [1.54, 1.807) is 24.3 Å². The summed E-state index contributed by atoms with van der Waals surface area (Å²) < 4.78 is 26.8. The van der Waals surface area contributed by atoms with Crippen LogP contribution in [0, 0.1) is 5.92 Å². The smallest absolute Gasteiger partial charge is 0.303 e. The van der Waals surface area contributed by atoms with E-state index in [9.17, 15) is 13.2 Å². The lowest BCUT2D eigenvalue weighted by atomic mass is 9.96. The zero-order valence-corrected chi connectivity index (χ0v) is 17.9. The number of rotatable bonds is 8. The Labute approximate surface area is 168 Å². The van der Waals surface area contributed by atoms with Crippen LogP contribution in [0.4, 0.5) is 5.69 Å². The monoisotopic (exact) mass is 403 g/mol. The van der Waals surface area contributed by atoms with E-state index in [-0.39, 0.29) is 11.9 Å². The van der Waals surface area contributed by atoms with Gasteiger partial charge < -0.3 is 5.32 Å². The van der Waals surface area contributed by atoms with Crippen LogP contribution in [0.3, 0.4) is 0 Å². The van der Waals surface area contributed by atoms with Crippen molar-refractivity contribution < 1.29 is 13.2 Å². The molecular formula is C21H29N3O3S. The minimum atomic E-state index is -3.57. The molecule has 6 nitrogen and oxygen atoms in total. The van der Waals surface area contributed by atoms with Gasteiger partial charge in [0.1, 0.15) is 0 Å². The summed E-state index contributed by atoms with van der Waals surface area (Å²) in [5, 5.41) is 3.10. The van der Waals surface area contributed by atoms with Crippen molar-refractivity contribution in [1.29, 1.82) is 0 Å². The molecule has 0 aliphatic rings. The fourth-order valence-electron chi connectivity index (χ4n) is 2.88. The van der Waals surface area contributed by atoms with Crippen molar-refractivity contribution in [3.63, 3.8) is 0 Å². The first-order chi connectivity index (χ1) is 13.1. The zero-order chi connectivity index (χ0) is 20.9. The normalized spacial score (nSPS) is 12.8. The maximum atomic E-state index is 12.7. The average molecular weight is 404 g/mol. The highest BCUT2D eigenvalue weighted by Crippen LogP contribution is 2.23. The summed E-state index contributed by atoms with van der Waals surface area (Å²) >= 11 is 0. The molecule has 7 heteroatoms. The molecule has 0 saturated heterocycles. The molecular weight excluding hydrogens is 374 g/mol. The van der Waals surface area contributed by atoms with Crippen molar-refractivity contribution in [2.45, 2.75) is 26.3 Å². The molecule has 0 unspecified atom stereocenters.